The quantitative estimate of drug-likeness (QED) is 0.759. The number of fused-ring (bicyclic) bond motifs is 1. The van der Waals surface area contributed by atoms with Crippen LogP contribution in [0, 0.1) is 5.92 Å². The summed E-state index contributed by atoms with van der Waals surface area (Å²) in [4.78, 5) is 11.4. The molecule has 0 amide bonds. The summed E-state index contributed by atoms with van der Waals surface area (Å²) >= 11 is 0. The summed E-state index contributed by atoms with van der Waals surface area (Å²) in [6, 6.07) is 6.01. The van der Waals surface area contributed by atoms with Crippen molar-refractivity contribution in [1.29, 1.82) is 0 Å². The lowest BCUT2D eigenvalue weighted by Crippen LogP contribution is -2.14. The standard InChI is InChI=1S/C14H16O2/c1-9-6-12-7-13(16-3)5-4-11(12)8-14(9)10(2)15/h4-5,7-9H,6H2,1-3H3. The summed E-state index contributed by atoms with van der Waals surface area (Å²) in [5.74, 6) is 1.36. The minimum atomic E-state index is 0.175. The largest absolute Gasteiger partial charge is 0.497 e. The van der Waals surface area contributed by atoms with Crippen molar-refractivity contribution in [2.24, 2.45) is 5.92 Å². The number of methoxy groups -OCH3 is 1. The van der Waals surface area contributed by atoms with E-state index in [1.165, 1.54) is 5.56 Å². The Bertz CT molecular complexity index is 458. The zero-order valence-corrected chi connectivity index (χ0v) is 9.91. The Morgan fingerprint density at radius 2 is 2.19 bits per heavy atom. The van der Waals surface area contributed by atoms with Crippen LogP contribution < -0.4 is 4.74 Å². The summed E-state index contributed by atoms with van der Waals surface area (Å²) in [6.45, 7) is 3.73. The molecule has 0 bridgehead atoms. The Labute approximate surface area is 95.9 Å². The third kappa shape index (κ3) is 1.87. The molecule has 1 aliphatic carbocycles. The van der Waals surface area contributed by atoms with Crippen molar-refractivity contribution in [3.05, 3.63) is 34.9 Å². The first kappa shape index (κ1) is 10.9. The summed E-state index contributed by atoms with van der Waals surface area (Å²) in [5.41, 5.74) is 3.33. The number of allylic oxidation sites excluding steroid dienone is 1. The number of benzene rings is 1. The number of rotatable bonds is 2. The van der Waals surface area contributed by atoms with E-state index in [-0.39, 0.29) is 5.78 Å². The van der Waals surface area contributed by atoms with Gasteiger partial charge in [-0.1, -0.05) is 13.0 Å². The van der Waals surface area contributed by atoms with E-state index in [0.29, 0.717) is 5.92 Å². The molecule has 0 radical (unpaired) electrons. The van der Waals surface area contributed by atoms with Crippen LogP contribution in [0.2, 0.25) is 0 Å². The van der Waals surface area contributed by atoms with E-state index in [4.69, 9.17) is 4.74 Å². The molecule has 2 rings (SSSR count). The molecular weight excluding hydrogens is 200 g/mol. The van der Waals surface area contributed by atoms with Crippen LogP contribution in [0.4, 0.5) is 0 Å². The maximum absolute atomic E-state index is 11.4. The molecule has 1 aromatic rings. The Kier molecular flexibility index (Phi) is 2.82. The molecule has 0 aromatic heterocycles. The number of hydrogen-bond acceptors (Lipinski definition) is 2. The van der Waals surface area contributed by atoms with Crippen LogP contribution >= 0.6 is 0 Å². The molecule has 1 aromatic carbocycles. The van der Waals surface area contributed by atoms with E-state index >= 15 is 0 Å². The van der Waals surface area contributed by atoms with Crippen LogP contribution in [0.3, 0.4) is 0 Å². The first-order chi connectivity index (χ1) is 7.61. The lowest BCUT2D eigenvalue weighted by molar-refractivity contribution is -0.114. The molecule has 16 heavy (non-hydrogen) atoms. The maximum Gasteiger partial charge on any atom is 0.156 e. The topological polar surface area (TPSA) is 26.3 Å². The zero-order valence-electron chi connectivity index (χ0n) is 9.91. The van der Waals surface area contributed by atoms with Crippen molar-refractivity contribution >= 4 is 11.9 Å². The van der Waals surface area contributed by atoms with Crippen molar-refractivity contribution in [1.82, 2.24) is 0 Å². The highest BCUT2D eigenvalue weighted by Gasteiger charge is 2.20. The van der Waals surface area contributed by atoms with Crippen LogP contribution in [-0.4, -0.2) is 12.9 Å². The number of carbonyl (C=O) groups is 1. The van der Waals surface area contributed by atoms with Gasteiger partial charge in [-0.3, -0.25) is 4.79 Å². The molecule has 0 saturated heterocycles. The van der Waals surface area contributed by atoms with Crippen molar-refractivity contribution in [2.45, 2.75) is 20.3 Å². The van der Waals surface area contributed by atoms with Crippen molar-refractivity contribution in [3.63, 3.8) is 0 Å². The predicted molar refractivity (Wildman–Crippen MR) is 64.5 cm³/mol. The molecule has 0 N–H and O–H groups in total. The lowest BCUT2D eigenvalue weighted by Gasteiger charge is -2.21. The lowest BCUT2D eigenvalue weighted by atomic mass is 9.83. The Morgan fingerprint density at radius 3 is 2.81 bits per heavy atom. The van der Waals surface area contributed by atoms with Crippen molar-refractivity contribution < 1.29 is 9.53 Å². The highest BCUT2D eigenvalue weighted by molar-refractivity contribution is 5.99. The Morgan fingerprint density at radius 1 is 1.44 bits per heavy atom. The molecule has 1 aliphatic rings. The van der Waals surface area contributed by atoms with Gasteiger partial charge in [0.2, 0.25) is 0 Å². The molecule has 0 fully saturated rings. The smallest absolute Gasteiger partial charge is 0.156 e. The Balaban J connectivity index is 2.45. The monoisotopic (exact) mass is 216 g/mol. The minimum Gasteiger partial charge on any atom is -0.497 e. The maximum atomic E-state index is 11.4. The molecular formula is C14H16O2. The average Bonchev–Trinajstić information content (AvgIpc) is 2.27. The van der Waals surface area contributed by atoms with E-state index in [0.717, 1.165) is 23.3 Å². The average molecular weight is 216 g/mol. The van der Waals surface area contributed by atoms with E-state index in [1.807, 2.05) is 18.2 Å². The summed E-state index contributed by atoms with van der Waals surface area (Å²) in [7, 11) is 1.67. The molecule has 1 unspecified atom stereocenters. The van der Waals surface area contributed by atoms with Gasteiger partial charge in [0.15, 0.2) is 5.78 Å². The van der Waals surface area contributed by atoms with Gasteiger partial charge in [0, 0.05) is 0 Å². The van der Waals surface area contributed by atoms with E-state index < -0.39 is 0 Å². The van der Waals surface area contributed by atoms with E-state index in [1.54, 1.807) is 14.0 Å². The fraction of sp³-hybridized carbons (Fsp3) is 0.357. The normalized spacial score (nSPS) is 18.7. The van der Waals surface area contributed by atoms with Crippen LogP contribution in [0.1, 0.15) is 25.0 Å². The summed E-state index contributed by atoms with van der Waals surface area (Å²) in [5, 5.41) is 0. The third-order valence-corrected chi connectivity index (χ3v) is 3.12. The molecule has 1 atom stereocenters. The fourth-order valence-electron chi connectivity index (χ4n) is 2.22. The summed E-state index contributed by atoms with van der Waals surface area (Å²) in [6.07, 6.45) is 2.92. The number of ether oxygens (including phenoxy) is 1. The predicted octanol–water partition coefficient (Wildman–Crippen LogP) is 2.86. The van der Waals surface area contributed by atoms with Gasteiger partial charge >= 0.3 is 0 Å². The Hall–Kier alpha value is -1.57. The fourth-order valence-corrected chi connectivity index (χ4v) is 2.22. The second-order valence-electron chi connectivity index (χ2n) is 4.33. The van der Waals surface area contributed by atoms with Crippen molar-refractivity contribution in [2.75, 3.05) is 7.11 Å². The van der Waals surface area contributed by atoms with Crippen LogP contribution in [0.5, 0.6) is 5.75 Å². The van der Waals surface area contributed by atoms with Gasteiger partial charge in [0.25, 0.3) is 0 Å². The second kappa shape index (κ2) is 4.12. The second-order valence-corrected chi connectivity index (χ2v) is 4.33. The molecule has 84 valence electrons. The number of carbonyl (C=O) groups excluding carboxylic acids is 1. The molecule has 0 spiro atoms. The van der Waals surface area contributed by atoms with E-state index in [9.17, 15) is 4.79 Å². The van der Waals surface area contributed by atoms with Gasteiger partial charge in [-0.05, 0) is 54.2 Å². The van der Waals surface area contributed by atoms with Gasteiger partial charge in [-0.15, -0.1) is 0 Å². The van der Waals surface area contributed by atoms with Crippen LogP contribution in [-0.2, 0) is 11.2 Å². The third-order valence-electron chi connectivity index (χ3n) is 3.12. The van der Waals surface area contributed by atoms with Gasteiger partial charge in [0.05, 0.1) is 7.11 Å². The van der Waals surface area contributed by atoms with Gasteiger partial charge in [-0.25, -0.2) is 0 Å². The molecule has 2 heteroatoms. The number of ketones is 1. The number of Topliss-reactive ketones (excluding diaryl/α,β-unsaturated/α-hetero) is 1. The van der Waals surface area contributed by atoms with Crippen LogP contribution in [0.25, 0.3) is 6.08 Å². The summed E-state index contributed by atoms with van der Waals surface area (Å²) < 4.78 is 5.20. The number of hydrogen-bond donors (Lipinski definition) is 0. The van der Waals surface area contributed by atoms with Gasteiger partial charge in [0.1, 0.15) is 5.75 Å². The zero-order chi connectivity index (χ0) is 11.7. The highest BCUT2D eigenvalue weighted by Crippen LogP contribution is 2.31. The highest BCUT2D eigenvalue weighted by atomic mass is 16.5. The van der Waals surface area contributed by atoms with Crippen molar-refractivity contribution in [3.8, 4) is 5.75 Å². The molecule has 0 aliphatic heterocycles. The first-order valence-corrected chi connectivity index (χ1v) is 5.51. The SMILES string of the molecule is COc1ccc2c(c1)CC(C)C(C(C)=O)=C2. The minimum absolute atomic E-state index is 0.175. The van der Waals surface area contributed by atoms with Gasteiger partial charge in [-0.2, -0.15) is 0 Å². The molecule has 2 nitrogen and oxygen atoms in total. The van der Waals surface area contributed by atoms with E-state index in [2.05, 4.69) is 13.0 Å². The van der Waals surface area contributed by atoms with Gasteiger partial charge < -0.3 is 4.74 Å². The molecule has 0 heterocycles. The molecule has 0 saturated carbocycles. The first-order valence-electron chi connectivity index (χ1n) is 5.51. The van der Waals surface area contributed by atoms with Crippen LogP contribution in [0.15, 0.2) is 23.8 Å².